The number of nitrogens with one attached hydrogen (secondary N) is 2. The van der Waals surface area contributed by atoms with Crippen LogP contribution in [0, 0.1) is 5.92 Å². The molecule has 1 aromatic rings. The minimum Gasteiger partial charge on any atom is -0.408 e. The van der Waals surface area contributed by atoms with Crippen LogP contribution in [0.1, 0.15) is 30.6 Å². The van der Waals surface area contributed by atoms with E-state index >= 15 is 0 Å². The van der Waals surface area contributed by atoms with Gasteiger partial charge in [-0.1, -0.05) is 37.0 Å². The largest absolute Gasteiger partial charge is 0.480 e. The molecule has 0 bridgehead atoms. The average Bonchev–Trinajstić information content (AvgIpc) is 2.64. The number of hydrogen-bond donors (Lipinski definition) is 2. The molecule has 1 saturated heterocycles. The van der Waals surface area contributed by atoms with Gasteiger partial charge in [-0.2, -0.15) is 0 Å². The van der Waals surface area contributed by atoms with E-state index in [1.54, 1.807) is 0 Å². The highest BCUT2D eigenvalue weighted by Crippen LogP contribution is 2.29. The molecule has 2 N–H and O–H groups in total. The molecular formula is C19H27BBrCl2N3O4. The minimum absolute atomic E-state index is 0.195. The number of rotatable bonds is 7. The van der Waals surface area contributed by atoms with Crippen molar-refractivity contribution in [1.82, 2.24) is 15.5 Å². The van der Waals surface area contributed by atoms with E-state index < -0.39 is 13.0 Å². The van der Waals surface area contributed by atoms with Crippen LogP contribution in [0.25, 0.3) is 0 Å². The molecule has 1 heterocycles. The van der Waals surface area contributed by atoms with E-state index in [2.05, 4.69) is 45.3 Å². The van der Waals surface area contributed by atoms with Crippen molar-refractivity contribution < 1.29 is 18.9 Å². The Bertz CT molecular complexity index is 747. The van der Waals surface area contributed by atoms with Gasteiger partial charge in [-0.15, -0.1) is 0 Å². The zero-order valence-corrected chi connectivity index (χ0v) is 20.4. The van der Waals surface area contributed by atoms with E-state index in [4.69, 9.17) is 32.5 Å². The maximum Gasteiger partial charge on any atom is 0.480 e. The van der Waals surface area contributed by atoms with E-state index in [-0.39, 0.29) is 29.0 Å². The summed E-state index contributed by atoms with van der Waals surface area (Å²) in [6, 6.07) is 2.99. The van der Waals surface area contributed by atoms with Crippen molar-refractivity contribution in [3.05, 3.63) is 32.2 Å². The predicted octanol–water partition coefficient (Wildman–Crippen LogP) is 3.02. The van der Waals surface area contributed by atoms with Gasteiger partial charge in [-0.25, -0.2) is 0 Å². The molecule has 0 spiro atoms. The number of amides is 2. The molecule has 1 fully saturated rings. The van der Waals surface area contributed by atoms with Gasteiger partial charge in [0.15, 0.2) is 0 Å². The monoisotopic (exact) mass is 521 g/mol. The Kier molecular flexibility index (Phi) is 10.4. The van der Waals surface area contributed by atoms with Gasteiger partial charge in [0, 0.05) is 30.8 Å². The number of benzene rings is 1. The van der Waals surface area contributed by atoms with Crippen molar-refractivity contribution in [2.24, 2.45) is 5.92 Å². The number of hydrogen-bond acceptors (Lipinski definition) is 5. The molecule has 0 aliphatic carbocycles. The van der Waals surface area contributed by atoms with Crippen LogP contribution in [0.15, 0.2) is 16.6 Å². The van der Waals surface area contributed by atoms with Crippen LogP contribution in [-0.2, 0) is 14.1 Å². The Labute approximate surface area is 196 Å². The fourth-order valence-electron chi connectivity index (χ4n) is 3.00. The maximum absolute atomic E-state index is 12.5. The second kappa shape index (κ2) is 12.3. The summed E-state index contributed by atoms with van der Waals surface area (Å²) < 4.78 is 12.2. The maximum atomic E-state index is 12.5. The van der Waals surface area contributed by atoms with Crippen LogP contribution in [0.5, 0.6) is 0 Å². The Morgan fingerprint density at radius 3 is 2.43 bits per heavy atom. The summed E-state index contributed by atoms with van der Waals surface area (Å²) in [6.07, 6.45) is 0.691. The topological polar surface area (TPSA) is 79.9 Å². The van der Waals surface area contributed by atoms with Crippen molar-refractivity contribution in [2.45, 2.75) is 26.2 Å². The fourth-order valence-corrected chi connectivity index (χ4v) is 3.81. The van der Waals surface area contributed by atoms with E-state index in [1.807, 2.05) is 7.05 Å². The van der Waals surface area contributed by atoms with Crippen molar-refractivity contribution in [3.63, 3.8) is 0 Å². The first-order valence-corrected chi connectivity index (χ1v) is 11.4. The van der Waals surface area contributed by atoms with Gasteiger partial charge in [-0.3, -0.25) is 9.59 Å². The van der Waals surface area contributed by atoms with E-state index in [1.165, 1.54) is 12.1 Å². The lowest BCUT2D eigenvalue weighted by Gasteiger charge is -2.29. The molecular weight excluding hydrogens is 496 g/mol. The lowest BCUT2D eigenvalue weighted by Crippen LogP contribution is -2.54. The first-order chi connectivity index (χ1) is 14.2. The molecule has 2 rings (SSSR count). The summed E-state index contributed by atoms with van der Waals surface area (Å²) in [6.45, 7) is 6.58. The highest BCUT2D eigenvalue weighted by molar-refractivity contribution is 9.10. The summed E-state index contributed by atoms with van der Waals surface area (Å²) in [7, 11) is 1.48. The van der Waals surface area contributed by atoms with E-state index in [0.717, 1.165) is 13.1 Å². The Morgan fingerprint density at radius 2 is 1.83 bits per heavy atom. The first kappa shape index (κ1) is 25.4. The number of nitrogens with zero attached hydrogens (tertiary/aromatic N) is 1. The van der Waals surface area contributed by atoms with Crippen molar-refractivity contribution in [2.75, 3.05) is 39.9 Å². The van der Waals surface area contributed by atoms with E-state index in [9.17, 15) is 9.59 Å². The quantitative estimate of drug-likeness (QED) is 0.425. The summed E-state index contributed by atoms with van der Waals surface area (Å²) in [5.41, 5.74) is 0.232. The highest BCUT2D eigenvalue weighted by atomic mass is 79.9. The predicted molar refractivity (Wildman–Crippen MR) is 123 cm³/mol. The normalized spacial score (nSPS) is 16.7. The van der Waals surface area contributed by atoms with Crippen LogP contribution >= 0.6 is 39.1 Å². The third-order valence-corrected chi connectivity index (χ3v) is 6.08. The van der Waals surface area contributed by atoms with Gasteiger partial charge < -0.3 is 24.8 Å². The number of carbonyl (C=O) groups is 2. The molecule has 7 nitrogen and oxygen atoms in total. The van der Waals surface area contributed by atoms with Crippen LogP contribution in [0.4, 0.5) is 0 Å². The Hall–Kier alpha value is -0.835. The summed E-state index contributed by atoms with van der Waals surface area (Å²) >= 11 is 15.3. The molecule has 1 atom stereocenters. The average molecular weight is 523 g/mol. The number of carbonyl (C=O) groups excluding carboxylic acids is 2. The zero-order valence-electron chi connectivity index (χ0n) is 17.3. The van der Waals surface area contributed by atoms with Gasteiger partial charge in [0.05, 0.1) is 28.1 Å². The molecule has 30 heavy (non-hydrogen) atoms. The molecule has 0 saturated carbocycles. The summed E-state index contributed by atoms with van der Waals surface area (Å²) in [4.78, 5) is 27.1. The van der Waals surface area contributed by atoms with Crippen LogP contribution in [-0.4, -0.2) is 69.7 Å². The minimum atomic E-state index is -0.526. The lowest BCUT2D eigenvalue weighted by molar-refractivity contribution is -0.120. The van der Waals surface area contributed by atoms with Gasteiger partial charge in [0.25, 0.3) is 5.91 Å². The second-order valence-corrected chi connectivity index (χ2v) is 9.31. The molecule has 0 aromatic heterocycles. The van der Waals surface area contributed by atoms with E-state index in [0.29, 0.717) is 35.0 Å². The smallest absolute Gasteiger partial charge is 0.408 e. The van der Waals surface area contributed by atoms with Crippen LogP contribution in [0.3, 0.4) is 0 Å². The fraction of sp³-hybridized carbons (Fsp3) is 0.579. The molecule has 1 aliphatic heterocycles. The van der Waals surface area contributed by atoms with Gasteiger partial charge in [0.1, 0.15) is 0 Å². The molecule has 2 amide bonds. The third kappa shape index (κ3) is 8.02. The first-order valence-electron chi connectivity index (χ1n) is 9.81. The van der Waals surface area contributed by atoms with Gasteiger partial charge in [-0.05, 0) is 47.4 Å². The molecule has 1 aliphatic rings. The Balaban J connectivity index is 1.95. The molecule has 166 valence electrons. The third-order valence-electron chi connectivity index (χ3n) is 4.57. The molecule has 0 radical (unpaired) electrons. The summed E-state index contributed by atoms with van der Waals surface area (Å²) in [5.74, 6) is -0.777. The summed E-state index contributed by atoms with van der Waals surface area (Å²) in [5, 5.41) is 6.13. The standard InChI is InChI=1S/C19H27BBrCl2N3O4/c1-12(2)8-17(20-29-6-4-26(3)5-7-30-20)25-18(27)11-24-19(28)13-9-14(21)16(23)10-15(13)22/h9-10,12,17H,4-8,11H2,1-3H3,(H,24,28)(H,25,27)/t17-/m0/s1. The molecule has 11 heteroatoms. The van der Waals surface area contributed by atoms with Gasteiger partial charge in [0.2, 0.25) is 5.91 Å². The van der Waals surface area contributed by atoms with Crippen LogP contribution < -0.4 is 10.6 Å². The van der Waals surface area contributed by atoms with Gasteiger partial charge >= 0.3 is 7.12 Å². The lowest BCUT2D eigenvalue weighted by atomic mass is 9.73. The number of halogens is 3. The molecule has 0 unspecified atom stereocenters. The SMILES string of the molecule is CC(C)C[C@H](NC(=O)CNC(=O)c1cc(Br)c(Cl)cc1Cl)B1OCCN(C)CCO1. The van der Waals surface area contributed by atoms with Crippen molar-refractivity contribution in [3.8, 4) is 0 Å². The van der Waals surface area contributed by atoms with Crippen molar-refractivity contribution >= 4 is 58.1 Å². The highest BCUT2D eigenvalue weighted by Gasteiger charge is 2.33. The second-order valence-electron chi connectivity index (χ2n) is 7.65. The Morgan fingerprint density at radius 1 is 1.20 bits per heavy atom. The molecule has 1 aromatic carbocycles. The zero-order chi connectivity index (χ0) is 22.3. The van der Waals surface area contributed by atoms with Crippen LogP contribution in [0.2, 0.25) is 10.0 Å². The van der Waals surface area contributed by atoms with Crippen molar-refractivity contribution in [1.29, 1.82) is 0 Å². The number of likely N-dealkylation sites (N-methyl/N-ethyl adjacent to an activating group) is 1.